The van der Waals surface area contributed by atoms with E-state index in [1.54, 1.807) is 27.7 Å². The predicted molar refractivity (Wildman–Crippen MR) is 85.4 cm³/mol. The van der Waals surface area contributed by atoms with Gasteiger partial charge in [0.2, 0.25) is 11.8 Å². The Hall–Kier alpha value is -1.83. The lowest BCUT2D eigenvalue weighted by atomic mass is 9.98. The Bertz CT molecular complexity index is 431. The molecule has 0 heterocycles. The molecule has 0 radical (unpaired) electrons. The molecular weight excluding hydrogens is 302 g/mol. The number of alkyl carbamates (subject to hydrolysis) is 1. The minimum Gasteiger partial charge on any atom is -0.444 e. The molecule has 5 N–H and O–H groups in total. The van der Waals surface area contributed by atoms with Crippen molar-refractivity contribution in [1.82, 2.24) is 10.6 Å². The van der Waals surface area contributed by atoms with E-state index >= 15 is 0 Å². The van der Waals surface area contributed by atoms with Crippen LogP contribution in [-0.2, 0) is 14.3 Å². The molecule has 3 amide bonds. The molecule has 0 aromatic rings. The molecule has 134 valence electrons. The van der Waals surface area contributed by atoms with E-state index in [-0.39, 0.29) is 5.92 Å². The first-order valence-electron chi connectivity index (χ1n) is 7.66. The first-order valence-corrected chi connectivity index (χ1v) is 7.66. The van der Waals surface area contributed by atoms with Gasteiger partial charge in [-0.15, -0.1) is 0 Å². The molecule has 0 fully saturated rings. The number of ether oxygens (including phenoxy) is 1. The van der Waals surface area contributed by atoms with Gasteiger partial charge in [0.05, 0.1) is 6.10 Å². The summed E-state index contributed by atoms with van der Waals surface area (Å²) in [6, 6.07) is -2.13. The molecule has 8 nitrogen and oxygen atoms in total. The molecule has 0 aliphatic heterocycles. The molecule has 0 saturated heterocycles. The van der Waals surface area contributed by atoms with Gasteiger partial charge < -0.3 is 26.2 Å². The Balaban J connectivity index is 5.06. The maximum Gasteiger partial charge on any atom is 0.408 e. The predicted octanol–water partition coefficient (Wildman–Crippen LogP) is 0.277. The summed E-state index contributed by atoms with van der Waals surface area (Å²) in [5.74, 6) is -1.66. The first-order chi connectivity index (χ1) is 10.4. The summed E-state index contributed by atoms with van der Waals surface area (Å²) in [4.78, 5) is 35.5. The lowest BCUT2D eigenvalue weighted by Crippen LogP contribution is -2.58. The third kappa shape index (κ3) is 7.83. The van der Waals surface area contributed by atoms with E-state index in [9.17, 15) is 19.5 Å². The number of nitrogens with two attached hydrogens (primary N) is 1. The normalized spacial score (nSPS) is 16.7. The van der Waals surface area contributed by atoms with Crippen molar-refractivity contribution in [2.75, 3.05) is 0 Å². The molecule has 0 aromatic carbocycles. The number of aliphatic hydroxyl groups is 1. The van der Waals surface area contributed by atoms with Gasteiger partial charge in [-0.1, -0.05) is 20.3 Å². The van der Waals surface area contributed by atoms with Crippen LogP contribution in [0.1, 0.15) is 48.0 Å². The van der Waals surface area contributed by atoms with E-state index in [2.05, 4.69) is 10.6 Å². The zero-order valence-electron chi connectivity index (χ0n) is 14.7. The molecule has 0 aliphatic carbocycles. The topological polar surface area (TPSA) is 131 Å². The van der Waals surface area contributed by atoms with Crippen molar-refractivity contribution in [2.45, 2.75) is 71.8 Å². The first kappa shape index (κ1) is 21.2. The molecule has 8 heteroatoms. The molecule has 0 aromatic heterocycles. The summed E-state index contributed by atoms with van der Waals surface area (Å²) >= 11 is 0. The van der Waals surface area contributed by atoms with E-state index in [0.717, 1.165) is 0 Å². The summed E-state index contributed by atoms with van der Waals surface area (Å²) in [6.45, 7) is 10.1. The Morgan fingerprint density at radius 1 is 1.13 bits per heavy atom. The summed E-state index contributed by atoms with van der Waals surface area (Å²) in [6.07, 6.45) is -1.26. The molecule has 0 aliphatic rings. The van der Waals surface area contributed by atoms with Gasteiger partial charge in [-0.3, -0.25) is 9.59 Å². The molecule has 0 unspecified atom stereocenters. The third-order valence-corrected chi connectivity index (χ3v) is 3.25. The number of nitrogens with one attached hydrogen (secondary N) is 2. The summed E-state index contributed by atoms with van der Waals surface area (Å²) < 4.78 is 5.14. The van der Waals surface area contributed by atoms with Crippen molar-refractivity contribution in [2.24, 2.45) is 11.7 Å². The van der Waals surface area contributed by atoms with Crippen LogP contribution in [0.3, 0.4) is 0 Å². The Labute approximate surface area is 137 Å². The van der Waals surface area contributed by atoms with Crippen LogP contribution in [0.15, 0.2) is 0 Å². The van der Waals surface area contributed by atoms with E-state index < -0.39 is 41.7 Å². The number of rotatable bonds is 7. The zero-order chi connectivity index (χ0) is 18.4. The number of primary amides is 1. The van der Waals surface area contributed by atoms with Crippen LogP contribution in [0.5, 0.6) is 0 Å². The van der Waals surface area contributed by atoms with Crippen molar-refractivity contribution >= 4 is 17.9 Å². The van der Waals surface area contributed by atoms with Crippen molar-refractivity contribution in [1.29, 1.82) is 0 Å². The van der Waals surface area contributed by atoms with Gasteiger partial charge in [0.1, 0.15) is 17.7 Å². The van der Waals surface area contributed by atoms with E-state index in [4.69, 9.17) is 10.5 Å². The minimum absolute atomic E-state index is 0.204. The second-order valence-electron chi connectivity index (χ2n) is 6.64. The van der Waals surface area contributed by atoms with Crippen LogP contribution in [0.4, 0.5) is 4.79 Å². The highest BCUT2D eigenvalue weighted by molar-refractivity contribution is 5.91. The number of carbonyl (C=O) groups excluding carboxylic acids is 3. The zero-order valence-corrected chi connectivity index (χ0v) is 14.7. The highest BCUT2D eigenvalue weighted by atomic mass is 16.6. The molecule has 4 atom stereocenters. The number of hydrogen-bond donors (Lipinski definition) is 4. The summed E-state index contributed by atoms with van der Waals surface area (Å²) in [5.41, 5.74) is 4.46. The maximum atomic E-state index is 12.4. The van der Waals surface area contributed by atoms with Gasteiger partial charge in [0, 0.05) is 0 Å². The van der Waals surface area contributed by atoms with Crippen molar-refractivity contribution in [3.63, 3.8) is 0 Å². The van der Waals surface area contributed by atoms with Crippen molar-refractivity contribution < 1.29 is 24.2 Å². The Morgan fingerprint density at radius 2 is 1.65 bits per heavy atom. The largest absolute Gasteiger partial charge is 0.444 e. The van der Waals surface area contributed by atoms with Crippen molar-refractivity contribution in [3.8, 4) is 0 Å². The quantitative estimate of drug-likeness (QED) is 0.532. The van der Waals surface area contributed by atoms with Crippen LogP contribution in [0.2, 0.25) is 0 Å². The lowest BCUT2D eigenvalue weighted by molar-refractivity contribution is -0.131. The van der Waals surface area contributed by atoms with Crippen molar-refractivity contribution in [3.05, 3.63) is 0 Å². The highest BCUT2D eigenvalue weighted by Gasteiger charge is 2.32. The maximum absolute atomic E-state index is 12.4. The summed E-state index contributed by atoms with van der Waals surface area (Å²) in [5, 5.41) is 14.4. The molecular formula is C15H29N3O5. The summed E-state index contributed by atoms with van der Waals surface area (Å²) in [7, 11) is 0. The van der Waals surface area contributed by atoms with Crippen LogP contribution in [0.25, 0.3) is 0 Å². The van der Waals surface area contributed by atoms with Gasteiger partial charge in [-0.05, 0) is 33.6 Å². The average molecular weight is 331 g/mol. The molecule has 0 saturated carbocycles. The standard InChI is InChI=1S/C15H29N3O5/c1-7-8(2)10(18-14(22)23-15(4,5)6)13(21)17-11(9(3)19)12(16)20/h8-11,19H,7H2,1-6H3,(H2,16,20)(H,17,21)(H,18,22)/t8-,9+,10-,11-/m0/s1. The number of amides is 3. The lowest BCUT2D eigenvalue weighted by Gasteiger charge is -2.28. The number of carbonyl (C=O) groups is 3. The Morgan fingerprint density at radius 3 is 2.00 bits per heavy atom. The van der Waals surface area contributed by atoms with Crippen LogP contribution in [0, 0.1) is 5.92 Å². The van der Waals surface area contributed by atoms with E-state index in [1.165, 1.54) is 6.92 Å². The second-order valence-corrected chi connectivity index (χ2v) is 6.64. The smallest absolute Gasteiger partial charge is 0.408 e. The molecule has 0 rings (SSSR count). The van der Waals surface area contributed by atoms with E-state index in [0.29, 0.717) is 6.42 Å². The van der Waals surface area contributed by atoms with Gasteiger partial charge in [-0.25, -0.2) is 4.79 Å². The third-order valence-electron chi connectivity index (χ3n) is 3.25. The van der Waals surface area contributed by atoms with Crippen LogP contribution < -0.4 is 16.4 Å². The highest BCUT2D eigenvalue weighted by Crippen LogP contribution is 2.11. The van der Waals surface area contributed by atoms with E-state index in [1.807, 2.05) is 6.92 Å². The van der Waals surface area contributed by atoms with Crippen LogP contribution in [-0.4, -0.2) is 46.8 Å². The number of hydrogen-bond acceptors (Lipinski definition) is 5. The molecule has 23 heavy (non-hydrogen) atoms. The number of aliphatic hydroxyl groups excluding tert-OH is 1. The fraction of sp³-hybridized carbons (Fsp3) is 0.800. The fourth-order valence-electron chi connectivity index (χ4n) is 1.81. The second kappa shape index (κ2) is 8.71. The fourth-order valence-corrected chi connectivity index (χ4v) is 1.81. The van der Waals surface area contributed by atoms with Gasteiger partial charge >= 0.3 is 6.09 Å². The average Bonchev–Trinajstić information content (AvgIpc) is 2.38. The van der Waals surface area contributed by atoms with Gasteiger partial charge in [0.15, 0.2) is 0 Å². The SMILES string of the molecule is CC[C@H](C)[C@H](NC(=O)OC(C)(C)C)C(=O)N[C@H](C(N)=O)[C@@H](C)O. The molecule has 0 bridgehead atoms. The minimum atomic E-state index is -1.23. The van der Waals surface area contributed by atoms with Gasteiger partial charge in [0.25, 0.3) is 0 Å². The molecule has 0 spiro atoms. The monoisotopic (exact) mass is 331 g/mol. The Kier molecular flexibility index (Phi) is 8.02. The van der Waals surface area contributed by atoms with Gasteiger partial charge in [-0.2, -0.15) is 0 Å². The van der Waals surface area contributed by atoms with Crippen LogP contribution >= 0.6 is 0 Å².